The quantitative estimate of drug-likeness (QED) is 0.840. The van der Waals surface area contributed by atoms with Crippen LogP contribution in [0.15, 0.2) is 16.6 Å². The number of aryl methyl sites for hydroxylation is 1. The van der Waals surface area contributed by atoms with Crippen LogP contribution in [-0.2, 0) is 4.79 Å². The van der Waals surface area contributed by atoms with Gasteiger partial charge < -0.3 is 10.6 Å². The van der Waals surface area contributed by atoms with Crippen LogP contribution in [0.4, 0.5) is 18.9 Å². The smallest absolute Gasteiger partial charge is 0.355 e. The van der Waals surface area contributed by atoms with E-state index in [0.717, 1.165) is 19.4 Å². The van der Waals surface area contributed by atoms with Crippen molar-refractivity contribution in [2.45, 2.75) is 26.9 Å². The van der Waals surface area contributed by atoms with Gasteiger partial charge in [-0.15, -0.1) is 0 Å². The zero-order valence-corrected chi connectivity index (χ0v) is 14.1. The van der Waals surface area contributed by atoms with Crippen molar-refractivity contribution < 1.29 is 22.8 Å². The van der Waals surface area contributed by atoms with Crippen LogP contribution in [0.1, 0.15) is 29.8 Å². The molecule has 1 aromatic rings. The Morgan fingerprint density at radius 3 is 2.18 bits per heavy atom. The Morgan fingerprint density at radius 1 is 1.18 bits per heavy atom. The number of halogens is 4. The summed E-state index contributed by atoms with van der Waals surface area (Å²) in [7, 11) is 1.39. The minimum atomic E-state index is -4.71. The molecule has 0 aliphatic heterocycles. The molecule has 0 radical (unpaired) electrons. The molecule has 0 fully saturated rings. The minimum absolute atomic E-state index is 0.00674. The predicted octanol–water partition coefficient (Wildman–Crippen LogP) is 3.64. The van der Waals surface area contributed by atoms with Crippen LogP contribution in [0.2, 0.25) is 0 Å². The Kier molecular flexibility index (Phi) is 5.27. The van der Waals surface area contributed by atoms with Crippen LogP contribution < -0.4 is 10.6 Å². The average molecular weight is 381 g/mol. The number of benzene rings is 1. The fraction of sp³-hybridized carbons (Fsp3) is 0.429. The molecule has 2 amide bonds. The molecule has 1 aromatic carbocycles. The van der Waals surface area contributed by atoms with Crippen LogP contribution in [0.5, 0.6) is 0 Å². The Labute approximate surface area is 134 Å². The van der Waals surface area contributed by atoms with Gasteiger partial charge in [-0.1, -0.05) is 0 Å². The topological polar surface area (TPSA) is 58.2 Å². The van der Waals surface area contributed by atoms with E-state index >= 15 is 0 Å². The van der Waals surface area contributed by atoms with E-state index in [-0.39, 0.29) is 11.3 Å². The maximum atomic E-state index is 12.9. The molecule has 1 rings (SSSR count). The fourth-order valence-corrected chi connectivity index (χ4v) is 2.26. The molecule has 0 unspecified atom stereocenters. The molecule has 0 saturated carbocycles. The third kappa shape index (κ3) is 3.60. The summed E-state index contributed by atoms with van der Waals surface area (Å²) >= 11 is 3.17. The number of hydrogen-bond acceptors (Lipinski definition) is 2. The van der Waals surface area contributed by atoms with Crippen molar-refractivity contribution in [1.82, 2.24) is 5.32 Å². The highest BCUT2D eigenvalue weighted by molar-refractivity contribution is 9.10. The molecule has 0 atom stereocenters. The molecule has 0 aromatic heterocycles. The highest BCUT2D eigenvalue weighted by Crippen LogP contribution is 2.39. The SMILES string of the molecule is CNC(=O)c1cc(C)cc(Br)c1NC(=O)C(C)(C)C(F)(F)F. The Balaban J connectivity index is 3.29. The van der Waals surface area contributed by atoms with E-state index in [9.17, 15) is 22.8 Å². The second kappa shape index (κ2) is 6.28. The van der Waals surface area contributed by atoms with Crippen molar-refractivity contribution in [3.63, 3.8) is 0 Å². The monoisotopic (exact) mass is 380 g/mol. The number of amides is 2. The standard InChI is InChI=1S/C14H16BrF3N2O2/c1-7-5-8(11(21)19-4)10(9(15)6-7)20-12(22)13(2,3)14(16,17)18/h5-6H,1-4H3,(H,19,21)(H,20,22). The first-order chi connectivity index (χ1) is 9.91. The van der Waals surface area contributed by atoms with Gasteiger partial charge in [0.25, 0.3) is 5.91 Å². The van der Waals surface area contributed by atoms with Crippen molar-refractivity contribution in [3.8, 4) is 0 Å². The fourth-order valence-electron chi connectivity index (χ4n) is 1.58. The van der Waals surface area contributed by atoms with Crippen molar-refractivity contribution in [1.29, 1.82) is 0 Å². The first kappa shape index (κ1) is 18.5. The van der Waals surface area contributed by atoms with Gasteiger partial charge in [0, 0.05) is 11.5 Å². The maximum absolute atomic E-state index is 12.9. The van der Waals surface area contributed by atoms with Crippen molar-refractivity contribution in [2.75, 3.05) is 12.4 Å². The zero-order chi connectivity index (χ0) is 17.3. The van der Waals surface area contributed by atoms with E-state index in [0.29, 0.717) is 4.47 Å². The van der Waals surface area contributed by atoms with Crippen LogP contribution >= 0.6 is 15.9 Å². The van der Waals surface area contributed by atoms with Crippen molar-refractivity contribution in [2.24, 2.45) is 5.41 Å². The zero-order valence-electron chi connectivity index (χ0n) is 12.5. The van der Waals surface area contributed by atoms with E-state index in [4.69, 9.17) is 0 Å². The normalized spacial score (nSPS) is 12.0. The molecule has 0 saturated heterocycles. The largest absolute Gasteiger partial charge is 0.402 e. The van der Waals surface area contributed by atoms with Gasteiger partial charge in [0.1, 0.15) is 5.41 Å². The first-order valence-electron chi connectivity index (χ1n) is 6.32. The molecule has 0 heterocycles. The van der Waals surface area contributed by atoms with Gasteiger partial charge in [-0.05, 0) is 54.4 Å². The summed E-state index contributed by atoms with van der Waals surface area (Å²) in [5, 5.41) is 4.59. The van der Waals surface area contributed by atoms with Gasteiger partial charge in [0.15, 0.2) is 0 Å². The van der Waals surface area contributed by atoms with Crippen molar-refractivity contribution >= 4 is 33.4 Å². The van der Waals surface area contributed by atoms with E-state index in [1.807, 2.05) is 0 Å². The second-order valence-corrected chi connectivity index (χ2v) is 6.18. The van der Waals surface area contributed by atoms with Gasteiger partial charge in [0.05, 0.1) is 11.3 Å². The summed E-state index contributed by atoms with van der Waals surface area (Å²) in [6.45, 7) is 3.29. The summed E-state index contributed by atoms with van der Waals surface area (Å²) in [5.41, 5.74) is -1.77. The number of hydrogen-bond donors (Lipinski definition) is 2. The van der Waals surface area contributed by atoms with E-state index in [2.05, 4.69) is 26.6 Å². The van der Waals surface area contributed by atoms with Gasteiger partial charge in [-0.3, -0.25) is 9.59 Å². The lowest BCUT2D eigenvalue weighted by atomic mass is 9.91. The molecule has 2 N–H and O–H groups in total. The van der Waals surface area contributed by atoms with Crippen LogP contribution in [-0.4, -0.2) is 25.0 Å². The molecular formula is C14H16BrF3N2O2. The number of anilines is 1. The number of rotatable bonds is 3. The highest BCUT2D eigenvalue weighted by atomic mass is 79.9. The molecular weight excluding hydrogens is 365 g/mol. The summed E-state index contributed by atoms with van der Waals surface area (Å²) in [5.74, 6) is -1.75. The number of alkyl halides is 3. The first-order valence-corrected chi connectivity index (χ1v) is 7.11. The van der Waals surface area contributed by atoms with Crippen LogP contribution in [0.25, 0.3) is 0 Å². The van der Waals surface area contributed by atoms with Crippen LogP contribution in [0.3, 0.4) is 0 Å². The van der Waals surface area contributed by atoms with Crippen molar-refractivity contribution in [3.05, 3.63) is 27.7 Å². The molecule has 0 aliphatic carbocycles. The van der Waals surface area contributed by atoms with Gasteiger partial charge >= 0.3 is 6.18 Å². The second-order valence-electron chi connectivity index (χ2n) is 5.33. The average Bonchev–Trinajstić information content (AvgIpc) is 2.38. The Hall–Kier alpha value is -1.57. The molecule has 22 heavy (non-hydrogen) atoms. The summed E-state index contributed by atoms with van der Waals surface area (Å²) in [6.07, 6.45) is -4.71. The Bertz CT molecular complexity index is 613. The molecule has 4 nitrogen and oxygen atoms in total. The lowest BCUT2D eigenvalue weighted by molar-refractivity contribution is -0.208. The maximum Gasteiger partial charge on any atom is 0.402 e. The van der Waals surface area contributed by atoms with E-state index < -0.39 is 23.4 Å². The molecule has 8 heteroatoms. The summed E-state index contributed by atoms with van der Waals surface area (Å²) < 4.78 is 39.1. The predicted molar refractivity (Wildman–Crippen MR) is 80.7 cm³/mol. The van der Waals surface area contributed by atoms with E-state index in [1.54, 1.807) is 13.0 Å². The molecule has 0 spiro atoms. The lowest BCUT2D eigenvalue weighted by Crippen LogP contribution is -2.43. The third-order valence-corrected chi connectivity index (χ3v) is 3.85. The molecule has 0 bridgehead atoms. The number of carbonyl (C=O) groups is 2. The molecule has 122 valence electrons. The summed E-state index contributed by atoms with van der Waals surface area (Å²) in [4.78, 5) is 23.9. The Morgan fingerprint density at radius 2 is 1.73 bits per heavy atom. The molecule has 0 aliphatic rings. The van der Waals surface area contributed by atoms with Gasteiger partial charge in [-0.25, -0.2) is 0 Å². The van der Waals surface area contributed by atoms with Gasteiger partial charge in [-0.2, -0.15) is 13.2 Å². The van der Waals surface area contributed by atoms with Gasteiger partial charge in [0.2, 0.25) is 5.91 Å². The third-order valence-electron chi connectivity index (χ3n) is 3.22. The lowest BCUT2D eigenvalue weighted by Gasteiger charge is -2.27. The van der Waals surface area contributed by atoms with Crippen LogP contribution in [0, 0.1) is 12.3 Å². The highest BCUT2D eigenvalue weighted by Gasteiger charge is 2.53. The van der Waals surface area contributed by atoms with E-state index in [1.165, 1.54) is 13.1 Å². The number of carbonyl (C=O) groups excluding carboxylic acids is 2. The minimum Gasteiger partial charge on any atom is -0.355 e. The summed E-state index contributed by atoms with van der Waals surface area (Å²) in [6, 6.07) is 3.09. The number of nitrogens with one attached hydrogen (secondary N) is 2.